The number of rotatable bonds is 3. The Morgan fingerprint density at radius 1 is 1.21 bits per heavy atom. The smallest absolute Gasteiger partial charge is 0.307 e. The Kier molecular flexibility index (Phi) is 4.03. The fourth-order valence-electron chi connectivity index (χ4n) is 4.78. The van der Waals surface area contributed by atoms with E-state index in [4.69, 9.17) is 14.8 Å². The molecule has 0 saturated carbocycles. The van der Waals surface area contributed by atoms with Gasteiger partial charge in [0.05, 0.1) is 31.0 Å². The van der Waals surface area contributed by atoms with E-state index in [1.807, 2.05) is 44.3 Å². The number of carbonyl (C=O) groups excluding carboxylic acids is 1. The van der Waals surface area contributed by atoms with Crippen molar-refractivity contribution in [3.8, 4) is 5.75 Å². The zero-order chi connectivity index (χ0) is 22.8. The Morgan fingerprint density at radius 2 is 2.09 bits per heavy atom. The van der Waals surface area contributed by atoms with Crippen molar-refractivity contribution >= 4 is 41.0 Å². The second kappa shape index (κ2) is 6.76. The van der Waals surface area contributed by atoms with Crippen molar-refractivity contribution in [2.75, 3.05) is 29.3 Å². The van der Waals surface area contributed by atoms with Crippen LogP contribution in [0.5, 0.6) is 5.75 Å². The van der Waals surface area contributed by atoms with Gasteiger partial charge in [0, 0.05) is 11.4 Å². The molecule has 4 heterocycles. The summed E-state index contributed by atoms with van der Waals surface area (Å²) in [5, 5.41) is 13.4. The minimum atomic E-state index is -0.540. The second-order valence-corrected chi connectivity index (χ2v) is 8.95. The van der Waals surface area contributed by atoms with Gasteiger partial charge in [0.1, 0.15) is 12.0 Å². The number of aliphatic imine (C=N–C) groups is 2. The monoisotopic (exact) mass is 442 g/mol. The average Bonchev–Trinajstić information content (AvgIpc) is 3.45. The molecule has 2 aromatic rings. The molecular weight excluding hydrogens is 418 g/mol. The molecule has 1 atom stereocenters. The molecule has 9 heteroatoms. The lowest BCUT2D eigenvalue weighted by atomic mass is 9.86. The van der Waals surface area contributed by atoms with Gasteiger partial charge in [0.25, 0.3) is 5.96 Å². The van der Waals surface area contributed by atoms with Crippen LogP contribution in [0.25, 0.3) is 0 Å². The first-order valence-electron chi connectivity index (χ1n) is 10.9. The van der Waals surface area contributed by atoms with E-state index < -0.39 is 5.41 Å². The maximum Gasteiger partial charge on any atom is 0.307 e. The summed E-state index contributed by atoms with van der Waals surface area (Å²) in [5.41, 5.74) is 4.37. The van der Waals surface area contributed by atoms with Crippen LogP contribution in [0, 0.1) is 0 Å². The summed E-state index contributed by atoms with van der Waals surface area (Å²) in [4.78, 5) is 21.3. The summed E-state index contributed by atoms with van der Waals surface area (Å²) in [5.74, 6) is 2.03. The van der Waals surface area contributed by atoms with Gasteiger partial charge in [-0.2, -0.15) is 5.01 Å². The van der Waals surface area contributed by atoms with Crippen LogP contribution in [0.1, 0.15) is 25.0 Å². The number of nitrogens with one attached hydrogen (secondary N) is 2. The largest absolute Gasteiger partial charge is 0.497 e. The van der Waals surface area contributed by atoms with Crippen molar-refractivity contribution in [1.82, 2.24) is 0 Å². The van der Waals surface area contributed by atoms with Crippen molar-refractivity contribution in [3.05, 3.63) is 59.9 Å². The Morgan fingerprint density at radius 3 is 2.94 bits per heavy atom. The number of hydrogen-bond donors (Lipinski definition) is 2. The van der Waals surface area contributed by atoms with Gasteiger partial charge in [-0.1, -0.05) is 6.07 Å². The highest BCUT2D eigenvalue weighted by Gasteiger charge is 2.49. The normalized spacial score (nSPS) is 23.5. The molecule has 0 aromatic heterocycles. The molecule has 166 valence electrons. The molecule has 2 N–H and O–H groups in total. The van der Waals surface area contributed by atoms with Crippen molar-refractivity contribution in [1.29, 1.82) is 0 Å². The molecule has 0 spiro atoms. The van der Waals surface area contributed by atoms with Gasteiger partial charge in [-0.05, 0) is 71.5 Å². The molecule has 0 aliphatic carbocycles. The van der Waals surface area contributed by atoms with Gasteiger partial charge in [-0.25, -0.2) is 0 Å². The van der Waals surface area contributed by atoms with E-state index in [2.05, 4.69) is 32.8 Å². The van der Waals surface area contributed by atoms with Crippen LogP contribution in [0.3, 0.4) is 0 Å². The minimum Gasteiger partial charge on any atom is -0.497 e. The van der Waals surface area contributed by atoms with Crippen LogP contribution in [0.4, 0.5) is 17.1 Å². The number of benzene rings is 2. The van der Waals surface area contributed by atoms with E-state index in [0.29, 0.717) is 11.8 Å². The first kappa shape index (κ1) is 19.7. The zero-order valence-corrected chi connectivity index (χ0v) is 18.7. The molecule has 1 unspecified atom stereocenters. The lowest BCUT2D eigenvalue weighted by Gasteiger charge is -2.33. The Balaban J connectivity index is 1.34. The summed E-state index contributed by atoms with van der Waals surface area (Å²) in [7, 11) is 1.68. The number of hydrogen-bond acceptors (Lipinski definition) is 7. The molecule has 4 aliphatic heterocycles. The predicted molar refractivity (Wildman–Crippen MR) is 129 cm³/mol. The summed E-state index contributed by atoms with van der Waals surface area (Å²) in [6.45, 7) is 4.64. The van der Waals surface area contributed by atoms with Gasteiger partial charge in [0.2, 0.25) is 5.91 Å². The quantitative estimate of drug-likeness (QED) is 0.713. The number of guanidine groups is 1. The summed E-state index contributed by atoms with van der Waals surface area (Å²) in [6, 6.07) is 12.0. The average molecular weight is 443 g/mol. The molecule has 0 saturated heterocycles. The third-order valence-electron chi connectivity index (χ3n) is 6.65. The molecular formula is C24H24N7O2+. The van der Waals surface area contributed by atoms with Crippen molar-refractivity contribution in [2.45, 2.75) is 25.7 Å². The van der Waals surface area contributed by atoms with Crippen LogP contribution in [0.15, 0.2) is 63.9 Å². The number of ether oxygens (including phenoxy) is 1. The molecule has 0 radical (unpaired) electrons. The SMILES string of the molecule is COc1ccc2c(c1)CCN2[N+]12C=CN=CC1=NC(Nc1ccc3c(c1)NC(=O)C3(C)C)=N2. The summed E-state index contributed by atoms with van der Waals surface area (Å²) in [6.07, 6.45) is 6.31. The summed E-state index contributed by atoms with van der Waals surface area (Å²) >= 11 is 0. The molecule has 1 amide bonds. The zero-order valence-electron chi connectivity index (χ0n) is 18.7. The fraction of sp³-hybridized carbons (Fsp3) is 0.250. The van der Waals surface area contributed by atoms with E-state index in [-0.39, 0.29) is 10.6 Å². The van der Waals surface area contributed by atoms with Crippen LogP contribution >= 0.6 is 0 Å². The minimum absolute atomic E-state index is 0.000386. The van der Waals surface area contributed by atoms with Gasteiger partial charge in [-0.3, -0.25) is 9.79 Å². The number of quaternary nitrogens is 1. The summed E-state index contributed by atoms with van der Waals surface area (Å²) < 4.78 is 5.49. The van der Waals surface area contributed by atoms with Crippen LogP contribution in [-0.2, 0) is 16.6 Å². The van der Waals surface area contributed by atoms with E-state index in [1.165, 1.54) is 5.56 Å². The molecule has 2 aromatic carbocycles. The first-order valence-corrected chi connectivity index (χ1v) is 10.9. The topological polar surface area (TPSA) is 90.7 Å². The number of amidine groups is 1. The number of anilines is 3. The van der Waals surface area contributed by atoms with Crippen LogP contribution in [-0.4, -0.2) is 42.3 Å². The molecule has 0 bridgehead atoms. The molecule has 4 aliphatic rings. The number of fused-ring (bicyclic) bond motifs is 3. The Hall–Kier alpha value is -3.98. The number of methoxy groups -OCH3 is 1. The molecule has 6 rings (SSSR count). The van der Waals surface area contributed by atoms with Gasteiger partial charge in [0.15, 0.2) is 6.20 Å². The third-order valence-corrected chi connectivity index (χ3v) is 6.65. The maximum atomic E-state index is 12.3. The highest BCUT2D eigenvalue weighted by molar-refractivity contribution is 6.31. The van der Waals surface area contributed by atoms with E-state index >= 15 is 0 Å². The van der Waals surface area contributed by atoms with E-state index in [0.717, 1.165) is 41.3 Å². The van der Waals surface area contributed by atoms with Gasteiger partial charge < -0.3 is 15.4 Å². The van der Waals surface area contributed by atoms with Crippen LogP contribution < -0.4 is 20.4 Å². The number of amides is 1. The van der Waals surface area contributed by atoms with Crippen molar-refractivity contribution in [2.24, 2.45) is 15.1 Å². The predicted octanol–water partition coefficient (Wildman–Crippen LogP) is 3.37. The van der Waals surface area contributed by atoms with Crippen molar-refractivity contribution < 1.29 is 14.2 Å². The standard InChI is InChI=1S/C24H23N7O2/c1-24(2)18-6-4-16(13-19(18)27-22(24)32)26-23-28-21-14-25-9-11-31(21,29-23)30-10-8-15-12-17(33-3)5-7-20(15)30/h4-7,9,11-14H,8,10H2,1-3H3,(H-,26,27,29,32)/p+1. The molecule has 9 nitrogen and oxygen atoms in total. The van der Waals surface area contributed by atoms with Crippen LogP contribution in [0.2, 0.25) is 0 Å². The molecule has 0 fully saturated rings. The van der Waals surface area contributed by atoms with Gasteiger partial charge >= 0.3 is 5.84 Å². The lowest BCUT2D eigenvalue weighted by Crippen LogP contribution is -2.56. The first-order chi connectivity index (χ1) is 15.9. The lowest BCUT2D eigenvalue weighted by molar-refractivity contribution is -0.800. The highest BCUT2D eigenvalue weighted by Crippen LogP contribution is 2.40. The van der Waals surface area contributed by atoms with E-state index in [9.17, 15) is 4.79 Å². The maximum absolute atomic E-state index is 12.3. The van der Waals surface area contributed by atoms with E-state index in [1.54, 1.807) is 19.5 Å². The number of carbonyl (C=O) groups is 1. The fourth-order valence-corrected chi connectivity index (χ4v) is 4.78. The van der Waals surface area contributed by atoms with Crippen molar-refractivity contribution in [3.63, 3.8) is 0 Å². The second-order valence-electron chi connectivity index (χ2n) is 8.95. The number of nitrogens with zero attached hydrogens (tertiary/aromatic N) is 5. The molecule has 33 heavy (non-hydrogen) atoms. The Labute approximate surface area is 191 Å². The Bertz CT molecular complexity index is 1320. The third kappa shape index (κ3) is 2.82. The highest BCUT2D eigenvalue weighted by atomic mass is 16.5. The van der Waals surface area contributed by atoms with Gasteiger partial charge in [-0.15, -0.1) is 4.99 Å².